The van der Waals surface area contributed by atoms with Gasteiger partial charge in [0.15, 0.2) is 0 Å². The number of hydrogen-bond acceptors (Lipinski definition) is 3. The van der Waals surface area contributed by atoms with Crippen molar-refractivity contribution in [3.05, 3.63) is 29.8 Å². The number of ether oxygens (including phenoxy) is 1. The predicted molar refractivity (Wildman–Crippen MR) is 76.2 cm³/mol. The Morgan fingerprint density at radius 1 is 1.45 bits per heavy atom. The molecule has 1 aromatic rings. The number of nitriles is 1. The molecule has 20 heavy (non-hydrogen) atoms. The lowest BCUT2D eigenvalue weighted by Gasteiger charge is -2.17. The van der Waals surface area contributed by atoms with Gasteiger partial charge in [0.1, 0.15) is 18.4 Å². The summed E-state index contributed by atoms with van der Waals surface area (Å²) in [6.07, 6.45) is 2.90. The van der Waals surface area contributed by atoms with E-state index in [0.29, 0.717) is 36.8 Å². The van der Waals surface area contributed by atoms with Crippen LogP contribution < -0.4 is 4.74 Å². The molecule has 0 aromatic heterocycles. The second-order valence-corrected chi connectivity index (χ2v) is 5.16. The van der Waals surface area contributed by atoms with E-state index in [1.807, 2.05) is 17.0 Å². The van der Waals surface area contributed by atoms with Crippen LogP contribution >= 0.6 is 0 Å². The highest BCUT2D eigenvalue weighted by Crippen LogP contribution is 2.22. The average Bonchev–Trinajstić information content (AvgIpc) is 2.80. The number of carbonyl (C=O) groups excluding carboxylic acids is 1. The van der Waals surface area contributed by atoms with Gasteiger partial charge in [0.05, 0.1) is 12.1 Å². The zero-order chi connectivity index (χ0) is 14.4. The second-order valence-electron chi connectivity index (χ2n) is 5.16. The van der Waals surface area contributed by atoms with Gasteiger partial charge in [0.2, 0.25) is 5.91 Å². The topological polar surface area (TPSA) is 53.3 Å². The Hall–Kier alpha value is -2.02. The Labute approximate surface area is 120 Å². The lowest BCUT2D eigenvalue weighted by molar-refractivity contribution is -0.128. The minimum Gasteiger partial charge on any atom is -0.490 e. The quantitative estimate of drug-likeness (QED) is 0.799. The van der Waals surface area contributed by atoms with Crippen LogP contribution in [0.25, 0.3) is 0 Å². The largest absolute Gasteiger partial charge is 0.490 e. The van der Waals surface area contributed by atoms with Crippen molar-refractivity contribution in [1.82, 2.24) is 4.90 Å². The van der Waals surface area contributed by atoms with E-state index in [2.05, 4.69) is 13.0 Å². The summed E-state index contributed by atoms with van der Waals surface area (Å²) in [6.45, 7) is 4.02. The lowest BCUT2D eigenvalue weighted by atomic mass is 10.0. The summed E-state index contributed by atoms with van der Waals surface area (Å²) in [5.74, 6) is 1.31. The summed E-state index contributed by atoms with van der Waals surface area (Å²) in [5.41, 5.74) is 0.532. The highest BCUT2D eigenvalue weighted by Gasteiger charge is 2.28. The van der Waals surface area contributed by atoms with Crippen LogP contribution in [-0.2, 0) is 4.79 Å². The Kier molecular flexibility index (Phi) is 5.00. The number of benzene rings is 1. The SMILES string of the molecule is CCCC1CC(=O)N(CCOc2ccccc2C#N)C1. The highest BCUT2D eigenvalue weighted by molar-refractivity contribution is 5.78. The van der Waals surface area contributed by atoms with Gasteiger partial charge in [-0.15, -0.1) is 0 Å². The van der Waals surface area contributed by atoms with Crippen LogP contribution in [0.4, 0.5) is 0 Å². The Bertz CT molecular complexity index is 507. The van der Waals surface area contributed by atoms with E-state index in [9.17, 15) is 4.79 Å². The van der Waals surface area contributed by atoms with Crippen molar-refractivity contribution in [2.45, 2.75) is 26.2 Å². The normalized spacial score (nSPS) is 18.1. The molecule has 1 heterocycles. The molecule has 1 saturated heterocycles. The Morgan fingerprint density at radius 2 is 2.25 bits per heavy atom. The number of nitrogens with zero attached hydrogens (tertiary/aromatic N) is 2. The molecule has 1 unspecified atom stereocenters. The molecule has 2 rings (SSSR count). The highest BCUT2D eigenvalue weighted by atomic mass is 16.5. The molecule has 1 aliphatic rings. The van der Waals surface area contributed by atoms with Crippen LogP contribution in [-0.4, -0.2) is 30.5 Å². The third-order valence-electron chi connectivity index (χ3n) is 3.62. The van der Waals surface area contributed by atoms with E-state index in [-0.39, 0.29) is 5.91 Å². The van der Waals surface area contributed by atoms with E-state index >= 15 is 0 Å². The number of amides is 1. The maximum atomic E-state index is 11.8. The van der Waals surface area contributed by atoms with Crippen LogP contribution in [0.5, 0.6) is 5.75 Å². The van der Waals surface area contributed by atoms with E-state index in [1.165, 1.54) is 0 Å². The maximum Gasteiger partial charge on any atom is 0.223 e. The smallest absolute Gasteiger partial charge is 0.223 e. The van der Waals surface area contributed by atoms with E-state index < -0.39 is 0 Å². The molecule has 4 nitrogen and oxygen atoms in total. The number of hydrogen-bond donors (Lipinski definition) is 0. The number of carbonyl (C=O) groups is 1. The first-order valence-corrected chi connectivity index (χ1v) is 7.14. The molecule has 0 N–H and O–H groups in total. The van der Waals surface area contributed by atoms with Gasteiger partial charge in [0, 0.05) is 13.0 Å². The molecule has 0 bridgehead atoms. The van der Waals surface area contributed by atoms with Gasteiger partial charge in [-0.3, -0.25) is 4.79 Å². The van der Waals surface area contributed by atoms with Crippen LogP contribution in [0.2, 0.25) is 0 Å². The van der Waals surface area contributed by atoms with E-state index in [1.54, 1.807) is 12.1 Å². The monoisotopic (exact) mass is 272 g/mol. The summed E-state index contributed by atoms with van der Waals surface area (Å²) in [6, 6.07) is 9.26. The third-order valence-corrected chi connectivity index (χ3v) is 3.62. The van der Waals surface area contributed by atoms with Crippen molar-refractivity contribution < 1.29 is 9.53 Å². The first-order chi connectivity index (χ1) is 9.74. The number of likely N-dealkylation sites (tertiary alicyclic amines) is 1. The van der Waals surface area contributed by atoms with Gasteiger partial charge in [0.25, 0.3) is 0 Å². The molecule has 1 aromatic carbocycles. The van der Waals surface area contributed by atoms with Crippen molar-refractivity contribution in [1.29, 1.82) is 5.26 Å². The molecule has 1 aliphatic heterocycles. The van der Waals surface area contributed by atoms with Crippen molar-refractivity contribution >= 4 is 5.91 Å². The van der Waals surface area contributed by atoms with E-state index in [4.69, 9.17) is 10.00 Å². The number of rotatable bonds is 6. The fourth-order valence-electron chi connectivity index (χ4n) is 2.62. The predicted octanol–water partition coefficient (Wildman–Crippen LogP) is 2.59. The number of para-hydroxylation sites is 1. The molecule has 4 heteroatoms. The first kappa shape index (κ1) is 14.4. The van der Waals surface area contributed by atoms with Crippen LogP contribution in [0.1, 0.15) is 31.7 Å². The molecule has 1 fully saturated rings. The van der Waals surface area contributed by atoms with Crippen molar-refractivity contribution in [3.63, 3.8) is 0 Å². The van der Waals surface area contributed by atoms with Gasteiger partial charge in [-0.1, -0.05) is 25.5 Å². The maximum absolute atomic E-state index is 11.8. The Morgan fingerprint density at radius 3 is 3.00 bits per heavy atom. The second kappa shape index (κ2) is 6.95. The van der Waals surface area contributed by atoms with E-state index in [0.717, 1.165) is 19.4 Å². The van der Waals surface area contributed by atoms with Crippen LogP contribution in [0.15, 0.2) is 24.3 Å². The zero-order valence-corrected chi connectivity index (χ0v) is 11.8. The molecular formula is C16H20N2O2. The molecule has 0 radical (unpaired) electrons. The van der Waals surface area contributed by atoms with Gasteiger partial charge in [-0.25, -0.2) is 0 Å². The third kappa shape index (κ3) is 3.51. The van der Waals surface area contributed by atoms with Gasteiger partial charge in [-0.2, -0.15) is 5.26 Å². The average molecular weight is 272 g/mol. The minimum atomic E-state index is 0.223. The molecule has 0 spiro atoms. The lowest BCUT2D eigenvalue weighted by Crippen LogP contribution is -2.30. The van der Waals surface area contributed by atoms with Crippen LogP contribution in [0, 0.1) is 17.2 Å². The summed E-state index contributed by atoms with van der Waals surface area (Å²) in [4.78, 5) is 13.7. The molecule has 1 atom stereocenters. The molecule has 1 amide bonds. The summed E-state index contributed by atoms with van der Waals surface area (Å²) >= 11 is 0. The zero-order valence-electron chi connectivity index (χ0n) is 11.8. The molecule has 0 aliphatic carbocycles. The summed E-state index contributed by atoms with van der Waals surface area (Å²) in [5, 5.41) is 8.97. The minimum absolute atomic E-state index is 0.223. The molecule has 106 valence electrons. The first-order valence-electron chi connectivity index (χ1n) is 7.14. The summed E-state index contributed by atoms with van der Waals surface area (Å²) in [7, 11) is 0. The van der Waals surface area contributed by atoms with Gasteiger partial charge >= 0.3 is 0 Å². The fourth-order valence-corrected chi connectivity index (χ4v) is 2.62. The van der Waals surface area contributed by atoms with Gasteiger partial charge < -0.3 is 9.64 Å². The standard InChI is InChI=1S/C16H20N2O2/c1-2-5-13-10-16(19)18(12-13)8-9-20-15-7-4-3-6-14(15)11-17/h3-4,6-7,13H,2,5,8-10,12H2,1H3. The van der Waals surface area contributed by atoms with Crippen molar-refractivity contribution in [2.75, 3.05) is 19.7 Å². The van der Waals surface area contributed by atoms with Crippen molar-refractivity contribution in [3.8, 4) is 11.8 Å². The summed E-state index contributed by atoms with van der Waals surface area (Å²) < 4.78 is 5.62. The Balaban J connectivity index is 1.82. The fraction of sp³-hybridized carbons (Fsp3) is 0.500. The van der Waals surface area contributed by atoms with Crippen LogP contribution in [0.3, 0.4) is 0 Å². The van der Waals surface area contributed by atoms with Crippen molar-refractivity contribution in [2.24, 2.45) is 5.92 Å². The van der Waals surface area contributed by atoms with Gasteiger partial charge in [-0.05, 0) is 24.5 Å². The molecular weight excluding hydrogens is 252 g/mol. The molecule has 0 saturated carbocycles.